The molecule has 0 radical (unpaired) electrons. The van der Waals surface area contributed by atoms with Gasteiger partial charge in [-0.05, 0) is 92.8 Å². The molecule has 3 nitrogen and oxygen atoms in total. The molecule has 0 saturated heterocycles. The van der Waals surface area contributed by atoms with Gasteiger partial charge in [-0.25, -0.2) is 0 Å². The summed E-state index contributed by atoms with van der Waals surface area (Å²) < 4.78 is 6.34. The Balaban J connectivity index is 1.51. The number of rotatable bonds is 4. The highest BCUT2D eigenvalue weighted by molar-refractivity contribution is 5.26. The van der Waals surface area contributed by atoms with Crippen LogP contribution in [-0.2, 0) is 4.74 Å². The van der Waals surface area contributed by atoms with Crippen LogP contribution in [0.25, 0.3) is 0 Å². The lowest BCUT2D eigenvalue weighted by atomic mass is 9.47. The first kappa shape index (κ1) is 20.9. The van der Waals surface area contributed by atoms with Crippen LogP contribution in [0.5, 0.6) is 0 Å². The van der Waals surface area contributed by atoms with E-state index in [1.807, 2.05) is 6.92 Å². The van der Waals surface area contributed by atoms with Crippen LogP contribution in [-0.4, -0.2) is 34.6 Å². The highest BCUT2D eigenvalue weighted by Crippen LogP contribution is 2.65. The summed E-state index contributed by atoms with van der Waals surface area (Å²) in [6, 6.07) is 0. The van der Waals surface area contributed by atoms with Gasteiger partial charge in [0.1, 0.15) is 0 Å². The van der Waals surface area contributed by atoms with Crippen molar-refractivity contribution in [3.05, 3.63) is 11.6 Å². The lowest BCUT2D eigenvalue weighted by Crippen LogP contribution is -2.52. The fraction of sp³-hybridized carbons (Fsp3) is 0.920. The average molecular weight is 391 g/mol. The first-order chi connectivity index (χ1) is 13.1. The van der Waals surface area contributed by atoms with Gasteiger partial charge in [-0.1, -0.05) is 39.3 Å². The molecule has 8 unspecified atom stereocenters. The van der Waals surface area contributed by atoms with Crippen molar-refractivity contribution >= 4 is 0 Å². The normalized spacial score (nSPS) is 49.2. The Kier molecular flexibility index (Phi) is 5.29. The number of aliphatic hydroxyl groups excluding tert-OH is 1. The predicted octanol–water partition coefficient (Wildman–Crippen LogP) is 5.10. The van der Waals surface area contributed by atoms with Crippen LogP contribution in [0, 0.1) is 34.5 Å². The van der Waals surface area contributed by atoms with Crippen molar-refractivity contribution in [1.82, 2.24) is 0 Å². The van der Waals surface area contributed by atoms with Crippen LogP contribution in [0.15, 0.2) is 11.6 Å². The van der Waals surface area contributed by atoms with Gasteiger partial charge in [-0.15, -0.1) is 0 Å². The lowest BCUT2D eigenvalue weighted by Gasteiger charge is -2.58. The largest absolute Gasteiger partial charge is 0.390 e. The first-order valence-corrected chi connectivity index (χ1v) is 11.8. The van der Waals surface area contributed by atoms with Crippen LogP contribution in [0.1, 0.15) is 86.0 Å². The Morgan fingerprint density at radius 3 is 2.54 bits per heavy atom. The van der Waals surface area contributed by atoms with Crippen LogP contribution < -0.4 is 0 Å². The fourth-order valence-corrected chi connectivity index (χ4v) is 7.44. The zero-order valence-corrected chi connectivity index (χ0v) is 18.7. The van der Waals surface area contributed by atoms with Crippen molar-refractivity contribution in [3.8, 4) is 0 Å². The third kappa shape index (κ3) is 3.30. The van der Waals surface area contributed by atoms with Crippen molar-refractivity contribution in [2.24, 2.45) is 34.5 Å². The topological polar surface area (TPSA) is 49.7 Å². The van der Waals surface area contributed by atoms with E-state index in [4.69, 9.17) is 4.74 Å². The van der Waals surface area contributed by atoms with Crippen LogP contribution in [0.4, 0.5) is 0 Å². The van der Waals surface area contributed by atoms with Gasteiger partial charge in [0.05, 0.1) is 24.4 Å². The SMILES string of the molecule is CC(C)C(O)COC1CCC2C3CC=C4CC(C)(O)CCC4(C)C3CCC12C. The van der Waals surface area contributed by atoms with Crippen molar-refractivity contribution in [1.29, 1.82) is 0 Å². The second-order valence-corrected chi connectivity index (χ2v) is 11.7. The molecular formula is C25H42O3. The molecule has 4 aliphatic rings. The number of fused-ring (bicyclic) bond motifs is 5. The highest BCUT2D eigenvalue weighted by Gasteiger charge is 2.59. The molecule has 0 bridgehead atoms. The third-order valence-electron chi connectivity index (χ3n) is 9.53. The molecule has 0 aromatic heterocycles. The Labute approximate surface area is 171 Å². The summed E-state index contributed by atoms with van der Waals surface area (Å²) in [5, 5.41) is 20.8. The number of hydrogen-bond donors (Lipinski definition) is 2. The van der Waals surface area contributed by atoms with Gasteiger partial charge in [-0.3, -0.25) is 0 Å². The molecule has 0 aromatic carbocycles. The molecule has 3 saturated carbocycles. The van der Waals surface area contributed by atoms with E-state index in [1.165, 1.54) is 25.7 Å². The summed E-state index contributed by atoms with van der Waals surface area (Å²) in [6.45, 7) is 11.6. The lowest BCUT2D eigenvalue weighted by molar-refractivity contribution is -0.113. The maximum Gasteiger partial charge on any atom is 0.0796 e. The molecule has 0 heterocycles. The maximum atomic E-state index is 10.6. The zero-order chi connectivity index (χ0) is 20.3. The fourth-order valence-electron chi connectivity index (χ4n) is 7.44. The van der Waals surface area contributed by atoms with E-state index in [-0.39, 0.29) is 17.4 Å². The Bertz CT molecular complexity index is 623. The predicted molar refractivity (Wildman–Crippen MR) is 113 cm³/mol. The molecular weight excluding hydrogens is 348 g/mol. The van der Waals surface area contributed by atoms with E-state index < -0.39 is 5.60 Å². The van der Waals surface area contributed by atoms with E-state index in [0.29, 0.717) is 18.1 Å². The molecule has 0 aromatic rings. The molecule has 2 N–H and O–H groups in total. The molecule has 28 heavy (non-hydrogen) atoms. The van der Waals surface area contributed by atoms with Gasteiger partial charge in [-0.2, -0.15) is 0 Å². The summed E-state index contributed by atoms with van der Waals surface area (Å²) in [7, 11) is 0. The molecule has 0 amide bonds. The number of allylic oxidation sites excluding steroid dienone is 1. The minimum Gasteiger partial charge on any atom is -0.390 e. The number of hydrogen-bond acceptors (Lipinski definition) is 3. The molecule has 0 spiro atoms. The molecule has 4 aliphatic carbocycles. The van der Waals surface area contributed by atoms with Gasteiger partial charge in [0.15, 0.2) is 0 Å². The van der Waals surface area contributed by atoms with E-state index in [1.54, 1.807) is 5.57 Å². The monoisotopic (exact) mass is 390 g/mol. The zero-order valence-electron chi connectivity index (χ0n) is 18.7. The third-order valence-corrected chi connectivity index (χ3v) is 9.53. The van der Waals surface area contributed by atoms with E-state index in [9.17, 15) is 10.2 Å². The van der Waals surface area contributed by atoms with Gasteiger partial charge in [0.25, 0.3) is 0 Å². The molecule has 160 valence electrons. The van der Waals surface area contributed by atoms with Gasteiger partial charge < -0.3 is 14.9 Å². The van der Waals surface area contributed by atoms with Crippen molar-refractivity contribution < 1.29 is 14.9 Å². The molecule has 3 fully saturated rings. The molecule has 8 atom stereocenters. The number of ether oxygens (including phenoxy) is 1. The highest BCUT2D eigenvalue weighted by atomic mass is 16.5. The summed E-state index contributed by atoms with van der Waals surface area (Å²) in [6.07, 6.45) is 11.6. The molecule has 0 aliphatic heterocycles. The van der Waals surface area contributed by atoms with Gasteiger partial charge >= 0.3 is 0 Å². The summed E-state index contributed by atoms with van der Waals surface area (Å²) >= 11 is 0. The van der Waals surface area contributed by atoms with Crippen molar-refractivity contribution in [3.63, 3.8) is 0 Å². The van der Waals surface area contributed by atoms with Gasteiger partial charge in [0.2, 0.25) is 0 Å². The van der Waals surface area contributed by atoms with Crippen molar-refractivity contribution in [2.75, 3.05) is 6.61 Å². The second kappa shape index (κ2) is 7.10. The minimum atomic E-state index is -0.509. The Morgan fingerprint density at radius 1 is 1.07 bits per heavy atom. The average Bonchev–Trinajstić information content (AvgIpc) is 2.96. The summed E-state index contributed by atoms with van der Waals surface area (Å²) in [5.41, 5.74) is 1.59. The smallest absolute Gasteiger partial charge is 0.0796 e. The molecule has 4 rings (SSSR count). The van der Waals surface area contributed by atoms with Gasteiger partial charge in [0, 0.05) is 0 Å². The maximum absolute atomic E-state index is 10.6. The van der Waals surface area contributed by atoms with E-state index >= 15 is 0 Å². The van der Waals surface area contributed by atoms with E-state index in [2.05, 4.69) is 33.8 Å². The standard InChI is InChI=1S/C25H42O3/c1-16(2)21(26)15-28-22-9-8-19-18-7-6-17-14-23(3,27)12-13-24(17,4)20(18)10-11-25(19,22)5/h6,16,18-22,26-27H,7-15H2,1-5H3. The summed E-state index contributed by atoms with van der Waals surface area (Å²) in [5.74, 6) is 2.52. The Morgan fingerprint density at radius 2 is 1.82 bits per heavy atom. The van der Waals surface area contributed by atoms with Crippen LogP contribution >= 0.6 is 0 Å². The number of aliphatic hydroxyl groups is 2. The van der Waals surface area contributed by atoms with Crippen molar-refractivity contribution in [2.45, 2.75) is 104 Å². The summed E-state index contributed by atoms with van der Waals surface area (Å²) in [4.78, 5) is 0. The van der Waals surface area contributed by atoms with E-state index in [0.717, 1.165) is 43.4 Å². The quantitative estimate of drug-likeness (QED) is 0.656. The first-order valence-electron chi connectivity index (χ1n) is 11.8. The second-order valence-electron chi connectivity index (χ2n) is 11.7. The minimum absolute atomic E-state index is 0.256. The van der Waals surface area contributed by atoms with Crippen LogP contribution in [0.3, 0.4) is 0 Å². The molecule has 3 heteroatoms. The Hall–Kier alpha value is -0.380. The van der Waals surface area contributed by atoms with Crippen LogP contribution in [0.2, 0.25) is 0 Å².